The lowest BCUT2D eigenvalue weighted by molar-refractivity contribution is -0.121. The molecule has 0 aromatic carbocycles. The van der Waals surface area contributed by atoms with Gasteiger partial charge in [-0.25, -0.2) is 0 Å². The summed E-state index contributed by atoms with van der Waals surface area (Å²) in [6, 6.07) is 0. The second kappa shape index (κ2) is 5.97. The third-order valence-corrected chi connectivity index (χ3v) is 2.46. The highest BCUT2D eigenvalue weighted by Crippen LogP contribution is 2.08. The van der Waals surface area contributed by atoms with Crippen molar-refractivity contribution in [3.8, 4) is 0 Å². The lowest BCUT2D eigenvalue weighted by Crippen LogP contribution is -2.37. The van der Waals surface area contributed by atoms with Gasteiger partial charge >= 0.3 is 0 Å². The van der Waals surface area contributed by atoms with Crippen LogP contribution < -0.4 is 10.6 Å². The van der Waals surface area contributed by atoms with Crippen LogP contribution in [0.25, 0.3) is 0 Å². The molecule has 13 heavy (non-hydrogen) atoms. The van der Waals surface area contributed by atoms with Gasteiger partial charge in [-0.3, -0.25) is 4.79 Å². The van der Waals surface area contributed by atoms with E-state index in [9.17, 15) is 4.79 Å². The normalized spacial score (nSPS) is 22.7. The molecule has 1 aliphatic rings. The van der Waals surface area contributed by atoms with E-state index < -0.39 is 0 Å². The predicted octanol–water partition coefficient (Wildman–Crippen LogP) is 0.902. The number of nitrogens with one attached hydrogen (secondary N) is 2. The van der Waals surface area contributed by atoms with Gasteiger partial charge in [0.05, 0.1) is 0 Å². The molecular formula is C10H20N2O. The van der Waals surface area contributed by atoms with E-state index in [4.69, 9.17) is 0 Å². The molecule has 1 rings (SSSR count). The first-order chi connectivity index (χ1) is 6.33. The smallest absolute Gasteiger partial charge is 0.219 e. The summed E-state index contributed by atoms with van der Waals surface area (Å²) in [5.41, 5.74) is 0. The molecule has 0 aliphatic carbocycles. The summed E-state index contributed by atoms with van der Waals surface area (Å²) < 4.78 is 0. The van der Waals surface area contributed by atoms with Crippen LogP contribution in [0.1, 0.15) is 32.6 Å². The molecule has 0 bridgehead atoms. The quantitative estimate of drug-likeness (QED) is 0.681. The first kappa shape index (κ1) is 10.5. The zero-order chi connectivity index (χ0) is 9.52. The molecule has 76 valence electrons. The second-order valence-corrected chi connectivity index (χ2v) is 3.77. The van der Waals surface area contributed by atoms with Crippen molar-refractivity contribution >= 4 is 5.91 Å². The van der Waals surface area contributed by atoms with Crippen molar-refractivity contribution in [1.29, 1.82) is 0 Å². The molecule has 3 nitrogen and oxygen atoms in total. The number of rotatable bonds is 4. The maximum absolute atomic E-state index is 11.2. The summed E-state index contributed by atoms with van der Waals surface area (Å²) in [7, 11) is 0. The standard InChI is InChI=1S/C10H20N2O/c1-2-4-10(13)12-8-9-5-3-6-11-7-9/h9,11H,2-8H2,1H3,(H,12,13)/t9-/m0/s1. The van der Waals surface area contributed by atoms with E-state index >= 15 is 0 Å². The SMILES string of the molecule is CCCC(=O)NC[C@H]1CCCNC1. The molecule has 1 saturated heterocycles. The average molecular weight is 184 g/mol. The number of hydrogen-bond donors (Lipinski definition) is 2. The van der Waals surface area contributed by atoms with Crippen molar-refractivity contribution in [2.75, 3.05) is 19.6 Å². The summed E-state index contributed by atoms with van der Waals surface area (Å²) >= 11 is 0. The van der Waals surface area contributed by atoms with Crippen molar-refractivity contribution in [2.24, 2.45) is 5.92 Å². The van der Waals surface area contributed by atoms with Crippen molar-refractivity contribution in [3.05, 3.63) is 0 Å². The maximum Gasteiger partial charge on any atom is 0.219 e. The van der Waals surface area contributed by atoms with Gasteiger partial charge in [0.2, 0.25) is 5.91 Å². The molecule has 0 aromatic rings. The van der Waals surface area contributed by atoms with Crippen molar-refractivity contribution in [3.63, 3.8) is 0 Å². The van der Waals surface area contributed by atoms with Crippen molar-refractivity contribution < 1.29 is 4.79 Å². The van der Waals surface area contributed by atoms with Gasteiger partial charge in [-0.15, -0.1) is 0 Å². The Hall–Kier alpha value is -0.570. The Kier molecular flexibility index (Phi) is 4.83. The monoisotopic (exact) mass is 184 g/mol. The van der Waals surface area contributed by atoms with Gasteiger partial charge in [-0.2, -0.15) is 0 Å². The molecule has 0 unspecified atom stereocenters. The second-order valence-electron chi connectivity index (χ2n) is 3.77. The van der Waals surface area contributed by atoms with Crippen molar-refractivity contribution in [2.45, 2.75) is 32.6 Å². The molecule has 0 aromatic heterocycles. The summed E-state index contributed by atoms with van der Waals surface area (Å²) in [5.74, 6) is 0.850. The van der Waals surface area contributed by atoms with Crippen LogP contribution in [0.15, 0.2) is 0 Å². The third-order valence-electron chi connectivity index (χ3n) is 2.46. The Morgan fingerprint density at radius 3 is 3.08 bits per heavy atom. The minimum Gasteiger partial charge on any atom is -0.356 e. The summed E-state index contributed by atoms with van der Waals surface area (Å²) in [4.78, 5) is 11.2. The van der Waals surface area contributed by atoms with Crippen LogP contribution >= 0.6 is 0 Å². The zero-order valence-electron chi connectivity index (χ0n) is 8.44. The van der Waals surface area contributed by atoms with Gasteiger partial charge in [0, 0.05) is 13.0 Å². The Bertz CT molecular complexity index is 153. The van der Waals surface area contributed by atoms with Crippen LogP contribution in [-0.2, 0) is 4.79 Å². The van der Waals surface area contributed by atoms with E-state index in [1.54, 1.807) is 0 Å². The molecule has 1 heterocycles. The fourth-order valence-corrected chi connectivity index (χ4v) is 1.67. The van der Waals surface area contributed by atoms with E-state index in [1.165, 1.54) is 12.8 Å². The van der Waals surface area contributed by atoms with Gasteiger partial charge in [0.1, 0.15) is 0 Å². The minimum atomic E-state index is 0.202. The van der Waals surface area contributed by atoms with E-state index in [2.05, 4.69) is 10.6 Å². The molecule has 0 saturated carbocycles. The Morgan fingerprint density at radius 1 is 1.62 bits per heavy atom. The van der Waals surface area contributed by atoms with Gasteiger partial charge in [0.15, 0.2) is 0 Å². The van der Waals surface area contributed by atoms with E-state index in [-0.39, 0.29) is 5.91 Å². The van der Waals surface area contributed by atoms with Gasteiger partial charge in [-0.05, 0) is 38.3 Å². The summed E-state index contributed by atoms with van der Waals surface area (Å²) in [5, 5.41) is 6.31. The van der Waals surface area contributed by atoms with Crippen LogP contribution in [-0.4, -0.2) is 25.5 Å². The molecule has 3 heteroatoms. The molecule has 1 atom stereocenters. The third kappa shape index (κ3) is 4.27. The number of piperidine rings is 1. The minimum absolute atomic E-state index is 0.202. The van der Waals surface area contributed by atoms with Gasteiger partial charge < -0.3 is 10.6 Å². The highest BCUT2D eigenvalue weighted by Gasteiger charge is 2.13. The highest BCUT2D eigenvalue weighted by molar-refractivity contribution is 5.75. The summed E-state index contributed by atoms with van der Waals surface area (Å²) in [6.07, 6.45) is 4.10. The average Bonchev–Trinajstić information content (AvgIpc) is 2.17. The molecule has 1 aliphatic heterocycles. The van der Waals surface area contributed by atoms with E-state index in [1.807, 2.05) is 6.92 Å². The Morgan fingerprint density at radius 2 is 2.46 bits per heavy atom. The Balaban J connectivity index is 2.06. The molecule has 1 fully saturated rings. The molecule has 1 amide bonds. The predicted molar refractivity (Wildman–Crippen MR) is 53.5 cm³/mol. The lowest BCUT2D eigenvalue weighted by Gasteiger charge is -2.22. The van der Waals surface area contributed by atoms with Crippen LogP contribution in [0.5, 0.6) is 0 Å². The lowest BCUT2D eigenvalue weighted by atomic mass is 10.00. The fourth-order valence-electron chi connectivity index (χ4n) is 1.67. The van der Waals surface area contributed by atoms with Crippen LogP contribution in [0.4, 0.5) is 0 Å². The van der Waals surface area contributed by atoms with Crippen LogP contribution in [0, 0.1) is 5.92 Å². The molecular weight excluding hydrogens is 164 g/mol. The largest absolute Gasteiger partial charge is 0.356 e. The first-order valence-corrected chi connectivity index (χ1v) is 5.30. The Labute approximate surface area is 80.3 Å². The number of carbonyl (C=O) groups excluding carboxylic acids is 1. The first-order valence-electron chi connectivity index (χ1n) is 5.30. The summed E-state index contributed by atoms with van der Waals surface area (Å²) in [6.45, 7) is 5.08. The number of hydrogen-bond acceptors (Lipinski definition) is 2. The highest BCUT2D eigenvalue weighted by atomic mass is 16.1. The van der Waals surface area contributed by atoms with Gasteiger partial charge in [0.25, 0.3) is 0 Å². The number of amides is 1. The fraction of sp³-hybridized carbons (Fsp3) is 0.900. The maximum atomic E-state index is 11.2. The van der Waals surface area contributed by atoms with E-state index in [0.717, 1.165) is 26.1 Å². The zero-order valence-corrected chi connectivity index (χ0v) is 8.44. The molecule has 0 spiro atoms. The number of carbonyl (C=O) groups is 1. The van der Waals surface area contributed by atoms with Crippen LogP contribution in [0.3, 0.4) is 0 Å². The van der Waals surface area contributed by atoms with E-state index in [0.29, 0.717) is 12.3 Å². The van der Waals surface area contributed by atoms with Crippen molar-refractivity contribution in [1.82, 2.24) is 10.6 Å². The topological polar surface area (TPSA) is 41.1 Å². The molecule has 0 radical (unpaired) electrons. The van der Waals surface area contributed by atoms with Crippen LogP contribution in [0.2, 0.25) is 0 Å². The van der Waals surface area contributed by atoms with Gasteiger partial charge in [-0.1, -0.05) is 6.92 Å². The molecule has 2 N–H and O–H groups in total.